The number of anilines is 1. The summed E-state index contributed by atoms with van der Waals surface area (Å²) in [5.74, 6) is -1.87. The molecule has 0 bridgehead atoms. The van der Waals surface area contributed by atoms with Crippen LogP contribution >= 0.6 is 0 Å². The summed E-state index contributed by atoms with van der Waals surface area (Å²) < 4.78 is 26.4. The van der Waals surface area contributed by atoms with Gasteiger partial charge < -0.3 is 15.0 Å². The van der Waals surface area contributed by atoms with Crippen molar-refractivity contribution in [3.63, 3.8) is 0 Å². The number of fused-ring (bicyclic) bond motifs is 1. The molecule has 0 aliphatic heterocycles. The van der Waals surface area contributed by atoms with Crippen LogP contribution in [-0.2, 0) is 0 Å². The van der Waals surface area contributed by atoms with Crippen molar-refractivity contribution in [2.24, 2.45) is 10.2 Å². The Morgan fingerprint density at radius 3 is 2.48 bits per heavy atom. The maximum atomic E-state index is 13.2. The number of benzene rings is 2. The number of H-pyrrole nitrogens is 1. The number of nitrogens with zero attached hydrogens (tertiary/aromatic N) is 4. The van der Waals surface area contributed by atoms with E-state index in [2.05, 4.69) is 25.1 Å². The molecule has 0 aliphatic carbocycles. The molecular weight excluding hydrogens is 328 g/mol. The molecule has 3 aromatic rings. The molecule has 0 unspecified atom stereocenters. The van der Waals surface area contributed by atoms with Crippen LogP contribution in [0.4, 0.5) is 26.1 Å². The summed E-state index contributed by atoms with van der Waals surface area (Å²) in [5.41, 5.74) is 1.72. The van der Waals surface area contributed by atoms with Gasteiger partial charge in [-0.3, -0.25) is 0 Å². The lowest BCUT2D eigenvalue weighted by Crippen LogP contribution is -2.21. The fourth-order valence-corrected chi connectivity index (χ4v) is 2.52. The van der Waals surface area contributed by atoms with Gasteiger partial charge in [0, 0.05) is 37.0 Å². The molecule has 1 aromatic heterocycles. The molecule has 6 nitrogen and oxygen atoms in total. The van der Waals surface area contributed by atoms with Crippen molar-refractivity contribution < 1.29 is 13.9 Å². The molecule has 0 amide bonds. The molecule has 1 heterocycles. The highest BCUT2D eigenvalue weighted by molar-refractivity contribution is 5.77. The molecule has 130 valence electrons. The van der Waals surface area contributed by atoms with Crippen molar-refractivity contribution >= 4 is 28.4 Å². The summed E-state index contributed by atoms with van der Waals surface area (Å²) in [6.07, 6.45) is 0. The maximum absolute atomic E-state index is 13.2. The van der Waals surface area contributed by atoms with E-state index in [4.69, 9.17) is 0 Å². The zero-order valence-corrected chi connectivity index (χ0v) is 13.8. The van der Waals surface area contributed by atoms with E-state index >= 15 is 0 Å². The van der Waals surface area contributed by atoms with Gasteiger partial charge in [-0.25, -0.2) is 13.8 Å². The number of imidazole rings is 1. The average molecular weight is 345 g/mol. The van der Waals surface area contributed by atoms with Gasteiger partial charge >= 0.3 is 0 Å². The number of hydrogen-bond acceptors (Lipinski definition) is 5. The lowest BCUT2D eigenvalue weighted by atomic mass is 10.2. The number of aromatic amines is 1. The fraction of sp³-hybridized carbons (Fsp3) is 0.235. The van der Waals surface area contributed by atoms with Crippen molar-refractivity contribution in [1.29, 1.82) is 0 Å². The Hall–Kier alpha value is -3.03. The number of nitrogens with one attached hydrogen (secondary N) is 1. The lowest BCUT2D eigenvalue weighted by molar-refractivity contribution is 0.476. The van der Waals surface area contributed by atoms with Gasteiger partial charge in [-0.2, -0.15) is 0 Å². The molecule has 2 aromatic carbocycles. The Kier molecular flexibility index (Phi) is 4.60. The van der Waals surface area contributed by atoms with Gasteiger partial charge in [-0.05, 0) is 26.0 Å². The number of aromatic hydroxyl groups is 1. The Bertz CT molecular complexity index is 895. The van der Waals surface area contributed by atoms with Crippen molar-refractivity contribution in [2.45, 2.75) is 13.8 Å². The molecule has 2 N–H and O–H groups in total. The number of halogens is 2. The molecule has 25 heavy (non-hydrogen) atoms. The summed E-state index contributed by atoms with van der Waals surface area (Å²) in [6.45, 7) is 5.70. The van der Waals surface area contributed by atoms with Gasteiger partial charge in [0.2, 0.25) is 5.95 Å². The van der Waals surface area contributed by atoms with E-state index in [9.17, 15) is 13.9 Å². The zero-order valence-electron chi connectivity index (χ0n) is 13.8. The topological polar surface area (TPSA) is 76.9 Å². The lowest BCUT2D eigenvalue weighted by Gasteiger charge is -2.21. The van der Waals surface area contributed by atoms with Crippen LogP contribution in [0.5, 0.6) is 5.75 Å². The summed E-state index contributed by atoms with van der Waals surface area (Å²) in [5, 5.41) is 17.9. The van der Waals surface area contributed by atoms with Crippen LogP contribution in [-0.4, -0.2) is 28.2 Å². The number of phenols is 1. The third-order valence-corrected chi connectivity index (χ3v) is 3.85. The molecular formula is C17H17F2N5O. The van der Waals surface area contributed by atoms with E-state index in [-0.39, 0.29) is 22.9 Å². The molecule has 8 heteroatoms. The Labute approximate surface area is 142 Å². The summed E-state index contributed by atoms with van der Waals surface area (Å²) in [7, 11) is 0. The van der Waals surface area contributed by atoms with Gasteiger partial charge in [0.25, 0.3) is 0 Å². The second-order valence-electron chi connectivity index (χ2n) is 5.39. The van der Waals surface area contributed by atoms with Crippen LogP contribution in [0.3, 0.4) is 0 Å². The van der Waals surface area contributed by atoms with E-state index < -0.39 is 11.6 Å². The Morgan fingerprint density at radius 1 is 1.08 bits per heavy atom. The zero-order chi connectivity index (χ0) is 18.0. The van der Waals surface area contributed by atoms with E-state index in [0.717, 1.165) is 30.9 Å². The monoisotopic (exact) mass is 345 g/mol. The maximum Gasteiger partial charge on any atom is 0.247 e. The number of aromatic nitrogens is 2. The smallest absolute Gasteiger partial charge is 0.247 e. The van der Waals surface area contributed by atoms with Gasteiger partial charge in [-0.15, -0.1) is 10.2 Å². The fourth-order valence-electron chi connectivity index (χ4n) is 2.52. The van der Waals surface area contributed by atoms with E-state index in [1.807, 2.05) is 19.9 Å². The first-order valence-electron chi connectivity index (χ1n) is 7.86. The standard InChI is InChI=1S/C17H17F2N5O/c1-3-24(4-2)10-5-6-13(16(25)7-10)22-23-17-20-14-8-11(18)12(19)9-15(14)21-17/h5-9,25H,3-4H2,1-2H3,(H,20,21). The van der Waals surface area contributed by atoms with E-state index in [0.29, 0.717) is 5.52 Å². The minimum Gasteiger partial charge on any atom is -0.506 e. The third-order valence-electron chi connectivity index (χ3n) is 3.85. The first kappa shape index (κ1) is 16.8. The number of rotatable bonds is 5. The highest BCUT2D eigenvalue weighted by atomic mass is 19.2. The number of azo groups is 1. The van der Waals surface area contributed by atoms with E-state index in [1.165, 1.54) is 0 Å². The summed E-state index contributed by atoms with van der Waals surface area (Å²) in [4.78, 5) is 8.84. The Balaban J connectivity index is 1.86. The molecule has 0 aliphatic rings. The van der Waals surface area contributed by atoms with Crippen molar-refractivity contribution in [1.82, 2.24) is 9.97 Å². The van der Waals surface area contributed by atoms with Gasteiger partial charge in [0.1, 0.15) is 11.4 Å². The van der Waals surface area contributed by atoms with Crippen molar-refractivity contribution in [3.05, 3.63) is 42.0 Å². The first-order valence-corrected chi connectivity index (χ1v) is 7.86. The van der Waals surface area contributed by atoms with Crippen LogP contribution in [0, 0.1) is 11.6 Å². The van der Waals surface area contributed by atoms with Gasteiger partial charge in [0.05, 0.1) is 11.0 Å². The molecule has 0 saturated heterocycles. The number of hydrogen-bond donors (Lipinski definition) is 2. The highest BCUT2D eigenvalue weighted by Crippen LogP contribution is 2.32. The van der Waals surface area contributed by atoms with Crippen molar-refractivity contribution in [2.75, 3.05) is 18.0 Å². The van der Waals surface area contributed by atoms with Crippen LogP contribution in [0.1, 0.15) is 13.8 Å². The second-order valence-corrected chi connectivity index (χ2v) is 5.39. The highest BCUT2D eigenvalue weighted by Gasteiger charge is 2.09. The molecule has 0 saturated carbocycles. The second kappa shape index (κ2) is 6.84. The van der Waals surface area contributed by atoms with Crippen molar-refractivity contribution in [3.8, 4) is 5.75 Å². The first-order chi connectivity index (χ1) is 12.0. The summed E-state index contributed by atoms with van der Waals surface area (Å²) >= 11 is 0. The minimum absolute atomic E-state index is 0.0126. The largest absolute Gasteiger partial charge is 0.506 e. The van der Waals surface area contributed by atoms with E-state index in [1.54, 1.807) is 12.1 Å². The normalized spacial score (nSPS) is 11.5. The predicted octanol–water partition coefficient (Wildman–Crippen LogP) is 4.81. The molecule has 0 spiro atoms. The molecule has 0 atom stereocenters. The van der Waals surface area contributed by atoms with Crippen LogP contribution < -0.4 is 4.90 Å². The minimum atomic E-state index is -0.980. The third kappa shape index (κ3) is 3.42. The van der Waals surface area contributed by atoms with Crippen LogP contribution in [0.15, 0.2) is 40.6 Å². The quantitative estimate of drug-likeness (QED) is 0.652. The molecule has 0 fully saturated rings. The van der Waals surface area contributed by atoms with Gasteiger partial charge in [0.15, 0.2) is 11.6 Å². The number of phenolic OH excluding ortho intramolecular Hbond substituents is 1. The predicted molar refractivity (Wildman–Crippen MR) is 91.9 cm³/mol. The molecule has 3 rings (SSSR count). The summed E-state index contributed by atoms with van der Waals surface area (Å²) in [6, 6.07) is 7.09. The molecule has 0 radical (unpaired) electrons. The van der Waals surface area contributed by atoms with Crippen LogP contribution in [0.25, 0.3) is 11.0 Å². The average Bonchev–Trinajstić information content (AvgIpc) is 2.97. The van der Waals surface area contributed by atoms with Crippen LogP contribution in [0.2, 0.25) is 0 Å². The Morgan fingerprint density at radius 2 is 1.80 bits per heavy atom. The van der Waals surface area contributed by atoms with Gasteiger partial charge in [-0.1, -0.05) is 0 Å². The SMILES string of the molecule is CCN(CC)c1ccc(N=Nc2nc3cc(F)c(F)cc3[nH]2)c(O)c1.